The molecule has 0 aliphatic rings. The average molecular weight is 351 g/mol. The largest absolute Gasteiger partial charge is 0.497 e. The highest BCUT2D eigenvalue weighted by Crippen LogP contribution is 2.21. The minimum absolute atomic E-state index is 0.0760. The van der Waals surface area contributed by atoms with Crippen molar-refractivity contribution in [3.63, 3.8) is 0 Å². The predicted molar refractivity (Wildman–Crippen MR) is 91.4 cm³/mol. The number of thioether (sulfide) groups is 1. The zero-order valence-electron chi connectivity index (χ0n) is 13.4. The first kappa shape index (κ1) is 18.3. The third-order valence-corrected chi connectivity index (χ3v) is 4.33. The van der Waals surface area contributed by atoms with E-state index in [4.69, 9.17) is 4.74 Å². The molecule has 1 amide bonds. The van der Waals surface area contributed by atoms with Gasteiger partial charge in [-0.25, -0.2) is 8.78 Å². The Morgan fingerprint density at radius 3 is 2.42 bits per heavy atom. The SMILES string of the molecule is COc1ccc(SCCC(=O)NCCc2cc(F)cc(F)c2)cc1. The number of rotatable bonds is 8. The van der Waals surface area contributed by atoms with E-state index in [1.807, 2.05) is 24.3 Å². The Hall–Kier alpha value is -2.08. The van der Waals surface area contributed by atoms with Crippen LogP contribution in [0.5, 0.6) is 5.75 Å². The molecule has 0 unspecified atom stereocenters. The fraction of sp³-hybridized carbons (Fsp3) is 0.278. The molecule has 6 heteroatoms. The lowest BCUT2D eigenvalue weighted by Crippen LogP contribution is -2.25. The summed E-state index contributed by atoms with van der Waals surface area (Å²) in [5, 5.41) is 2.76. The highest BCUT2D eigenvalue weighted by atomic mass is 32.2. The Morgan fingerprint density at radius 1 is 1.12 bits per heavy atom. The van der Waals surface area contributed by atoms with Crippen molar-refractivity contribution in [1.82, 2.24) is 5.32 Å². The Bertz CT molecular complexity index is 657. The molecule has 0 radical (unpaired) electrons. The lowest BCUT2D eigenvalue weighted by Gasteiger charge is -2.06. The van der Waals surface area contributed by atoms with Crippen molar-refractivity contribution in [3.8, 4) is 5.75 Å². The summed E-state index contributed by atoms with van der Waals surface area (Å²) < 4.78 is 31.2. The van der Waals surface area contributed by atoms with E-state index in [9.17, 15) is 13.6 Å². The van der Waals surface area contributed by atoms with E-state index in [-0.39, 0.29) is 5.91 Å². The molecule has 0 fully saturated rings. The second kappa shape index (κ2) is 9.27. The first-order valence-corrected chi connectivity index (χ1v) is 8.54. The zero-order valence-corrected chi connectivity index (χ0v) is 14.2. The maximum Gasteiger partial charge on any atom is 0.220 e. The number of amides is 1. The highest BCUT2D eigenvalue weighted by Gasteiger charge is 2.04. The normalized spacial score (nSPS) is 10.5. The summed E-state index contributed by atoms with van der Waals surface area (Å²) in [5.41, 5.74) is 0.528. The van der Waals surface area contributed by atoms with E-state index in [1.165, 1.54) is 12.1 Å². The maximum absolute atomic E-state index is 13.1. The zero-order chi connectivity index (χ0) is 17.4. The smallest absolute Gasteiger partial charge is 0.220 e. The first-order valence-electron chi connectivity index (χ1n) is 7.55. The summed E-state index contributed by atoms with van der Waals surface area (Å²) in [7, 11) is 1.62. The van der Waals surface area contributed by atoms with Crippen LogP contribution in [-0.2, 0) is 11.2 Å². The number of halogens is 2. The van der Waals surface area contributed by atoms with Gasteiger partial charge in [-0.3, -0.25) is 4.79 Å². The molecule has 2 aromatic rings. The molecule has 128 valence electrons. The Balaban J connectivity index is 1.65. The number of ether oxygens (including phenoxy) is 1. The van der Waals surface area contributed by atoms with Crippen LogP contribution in [-0.4, -0.2) is 25.3 Å². The van der Waals surface area contributed by atoms with Crippen LogP contribution < -0.4 is 10.1 Å². The average Bonchev–Trinajstić information content (AvgIpc) is 2.54. The number of carbonyl (C=O) groups is 1. The molecule has 1 N–H and O–H groups in total. The molecule has 0 aliphatic heterocycles. The van der Waals surface area contributed by atoms with Gasteiger partial charge < -0.3 is 10.1 Å². The van der Waals surface area contributed by atoms with Crippen LogP contribution in [0.3, 0.4) is 0 Å². The van der Waals surface area contributed by atoms with Gasteiger partial charge >= 0.3 is 0 Å². The minimum atomic E-state index is -0.604. The molecule has 0 saturated heterocycles. The fourth-order valence-electron chi connectivity index (χ4n) is 2.12. The topological polar surface area (TPSA) is 38.3 Å². The standard InChI is InChI=1S/C18H19F2NO2S/c1-23-16-2-4-17(5-3-16)24-9-7-18(22)21-8-6-13-10-14(19)12-15(20)11-13/h2-5,10-12H,6-9H2,1H3,(H,21,22). The van der Waals surface area contributed by atoms with Gasteiger partial charge in [-0.1, -0.05) is 0 Å². The van der Waals surface area contributed by atoms with E-state index >= 15 is 0 Å². The fourth-order valence-corrected chi connectivity index (χ4v) is 2.98. The van der Waals surface area contributed by atoms with Crippen LogP contribution >= 0.6 is 11.8 Å². The third kappa shape index (κ3) is 6.20. The molecule has 0 aromatic heterocycles. The van der Waals surface area contributed by atoms with Crippen molar-refractivity contribution < 1.29 is 18.3 Å². The molecular weight excluding hydrogens is 332 g/mol. The van der Waals surface area contributed by atoms with Crippen molar-refractivity contribution in [2.45, 2.75) is 17.7 Å². The van der Waals surface area contributed by atoms with Gasteiger partial charge in [0.2, 0.25) is 5.91 Å². The van der Waals surface area contributed by atoms with E-state index in [2.05, 4.69) is 5.32 Å². The number of benzene rings is 2. The molecule has 0 saturated carbocycles. The van der Waals surface area contributed by atoms with Crippen LogP contribution in [0.1, 0.15) is 12.0 Å². The van der Waals surface area contributed by atoms with E-state index in [0.717, 1.165) is 16.7 Å². The molecule has 0 bridgehead atoms. The van der Waals surface area contributed by atoms with Crippen molar-refractivity contribution in [2.24, 2.45) is 0 Å². The number of carbonyl (C=O) groups excluding carboxylic acids is 1. The third-order valence-electron chi connectivity index (χ3n) is 3.32. The van der Waals surface area contributed by atoms with E-state index in [0.29, 0.717) is 30.7 Å². The van der Waals surface area contributed by atoms with Gasteiger partial charge in [0.15, 0.2) is 0 Å². The molecule has 0 spiro atoms. The molecule has 3 nitrogen and oxygen atoms in total. The Labute approximate surface area is 144 Å². The van der Waals surface area contributed by atoms with Crippen molar-refractivity contribution in [2.75, 3.05) is 19.4 Å². The van der Waals surface area contributed by atoms with Gasteiger partial charge in [-0.2, -0.15) is 0 Å². The monoisotopic (exact) mass is 351 g/mol. The van der Waals surface area contributed by atoms with Crippen LogP contribution in [0.4, 0.5) is 8.78 Å². The summed E-state index contributed by atoms with van der Waals surface area (Å²) in [5.74, 6) is 0.172. The van der Waals surface area contributed by atoms with Gasteiger partial charge in [0.25, 0.3) is 0 Å². The van der Waals surface area contributed by atoms with E-state index in [1.54, 1.807) is 18.9 Å². The lowest BCUT2D eigenvalue weighted by atomic mass is 10.1. The van der Waals surface area contributed by atoms with Crippen molar-refractivity contribution >= 4 is 17.7 Å². The van der Waals surface area contributed by atoms with Crippen molar-refractivity contribution in [3.05, 3.63) is 59.7 Å². The molecular formula is C18H19F2NO2S. The predicted octanol–water partition coefficient (Wildman–Crippen LogP) is 3.81. The van der Waals surface area contributed by atoms with Crippen LogP contribution in [0.25, 0.3) is 0 Å². The van der Waals surface area contributed by atoms with E-state index < -0.39 is 11.6 Å². The second-order valence-electron chi connectivity index (χ2n) is 5.15. The maximum atomic E-state index is 13.1. The number of nitrogens with one attached hydrogen (secondary N) is 1. The summed E-state index contributed by atoms with van der Waals surface area (Å²) >= 11 is 1.59. The molecule has 0 atom stereocenters. The lowest BCUT2D eigenvalue weighted by molar-refractivity contribution is -0.120. The van der Waals surface area contributed by atoms with Gasteiger partial charge in [0.1, 0.15) is 17.4 Å². The summed E-state index contributed by atoms with van der Waals surface area (Å²) in [6, 6.07) is 11.0. The Morgan fingerprint density at radius 2 is 1.79 bits per heavy atom. The summed E-state index contributed by atoms with van der Waals surface area (Å²) in [6.45, 7) is 0.356. The number of hydrogen-bond donors (Lipinski definition) is 1. The molecule has 2 aromatic carbocycles. The van der Waals surface area contributed by atoms with Crippen molar-refractivity contribution in [1.29, 1.82) is 0 Å². The second-order valence-corrected chi connectivity index (χ2v) is 6.32. The van der Waals surface area contributed by atoms with Gasteiger partial charge in [-0.15, -0.1) is 11.8 Å². The van der Waals surface area contributed by atoms with Gasteiger partial charge in [0.05, 0.1) is 7.11 Å². The van der Waals surface area contributed by atoms with Gasteiger partial charge in [0, 0.05) is 29.7 Å². The molecule has 0 aliphatic carbocycles. The van der Waals surface area contributed by atoms with Crippen LogP contribution in [0, 0.1) is 11.6 Å². The molecule has 0 heterocycles. The molecule has 24 heavy (non-hydrogen) atoms. The summed E-state index contributed by atoms with van der Waals surface area (Å²) in [4.78, 5) is 12.8. The number of hydrogen-bond acceptors (Lipinski definition) is 3. The highest BCUT2D eigenvalue weighted by molar-refractivity contribution is 7.99. The van der Waals surface area contributed by atoms with Crippen LogP contribution in [0.15, 0.2) is 47.4 Å². The quantitative estimate of drug-likeness (QED) is 0.735. The Kier molecular flexibility index (Phi) is 7.06. The van der Waals surface area contributed by atoms with Gasteiger partial charge in [-0.05, 0) is 48.4 Å². The summed E-state index contributed by atoms with van der Waals surface area (Å²) in [6.07, 6.45) is 0.778. The first-order chi connectivity index (χ1) is 11.6. The minimum Gasteiger partial charge on any atom is -0.497 e. The van der Waals surface area contributed by atoms with Crippen LogP contribution in [0.2, 0.25) is 0 Å². The number of methoxy groups -OCH3 is 1. The molecule has 2 rings (SSSR count).